The van der Waals surface area contributed by atoms with E-state index < -0.39 is 0 Å². The van der Waals surface area contributed by atoms with Crippen LogP contribution in [0.15, 0.2) is 10.6 Å². The number of carbonyl (C=O) groups excluding carboxylic acids is 1. The van der Waals surface area contributed by atoms with Gasteiger partial charge in [0.2, 0.25) is 0 Å². The third kappa shape index (κ3) is 3.96. The maximum atomic E-state index is 12.0. The van der Waals surface area contributed by atoms with Gasteiger partial charge in [-0.25, -0.2) is 4.79 Å². The second-order valence-electron chi connectivity index (χ2n) is 5.56. The number of aryl methyl sites for hydroxylation is 1. The first-order valence-electron chi connectivity index (χ1n) is 7.21. The van der Waals surface area contributed by atoms with Gasteiger partial charge in [0.05, 0.1) is 6.54 Å². The van der Waals surface area contributed by atoms with Gasteiger partial charge in [0, 0.05) is 25.7 Å². The molecule has 1 atom stereocenters. The molecule has 1 N–H and O–H groups in total. The molecule has 1 saturated heterocycles. The van der Waals surface area contributed by atoms with Crippen LogP contribution in [0.3, 0.4) is 0 Å². The van der Waals surface area contributed by atoms with Crippen molar-refractivity contribution in [3.05, 3.63) is 17.5 Å². The highest BCUT2D eigenvalue weighted by molar-refractivity contribution is 5.73. The largest absolute Gasteiger partial charge is 0.361 e. The molecule has 2 rings (SSSR count). The molecule has 1 aromatic rings. The Bertz CT molecular complexity index is 440. The van der Waals surface area contributed by atoms with Crippen molar-refractivity contribution in [2.75, 3.05) is 26.7 Å². The molecule has 112 valence electrons. The summed E-state index contributed by atoms with van der Waals surface area (Å²) < 4.78 is 5.00. The minimum absolute atomic E-state index is 0.0725. The maximum Gasteiger partial charge on any atom is 0.317 e. The molecule has 1 aromatic heterocycles. The quantitative estimate of drug-likeness (QED) is 0.890. The molecule has 0 aromatic carbocycles. The Morgan fingerprint density at radius 3 is 2.85 bits per heavy atom. The lowest BCUT2D eigenvalue weighted by molar-refractivity contribution is 0.197. The molecule has 0 saturated carbocycles. The average Bonchev–Trinajstić information content (AvgIpc) is 3.07. The Labute approximate surface area is 120 Å². The fraction of sp³-hybridized carbons (Fsp3) is 0.714. The summed E-state index contributed by atoms with van der Waals surface area (Å²) in [6.45, 7) is 7.43. The normalized spacial score (nSPS) is 17.1. The lowest BCUT2D eigenvalue weighted by atomic mass is 10.3. The SMILES string of the molecule is Cc1cc(CN(C)C(=O)NC[C@H](C)N2CCCC2)no1. The van der Waals surface area contributed by atoms with Crippen molar-refractivity contribution in [3.63, 3.8) is 0 Å². The van der Waals surface area contributed by atoms with E-state index in [9.17, 15) is 4.79 Å². The summed E-state index contributed by atoms with van der Waals surface area (Å²) in [6.07, 6.45) is 2.54. The topological polar surface area (TPSA) is 61.6 Å². The minimum Gasteiger partial charge on any atom is -0.361 e. The standard InChI is InChI=1S/C14H24N4O2/c1-11(18-6-4-5-7-18)9-15-14(19)17(3)10-13-8-12(2)20-16-13/h8,11H,4-7,9-10H2,1-3H3,(H,15,19)/t11-/m0/s1. The first-order chi connectivity index (χ1) is 9.56. The van der Waals surface area contributed by atoms with Crippen LogP contribution in [0.2, 0.25) is 0 Å². The first kappa shape index (κ1) is 14.8. The Kier molecular flexibility index (Phi) is 5.00. The molecule has 2 amide bonds. The van der Waals surface area contributed by atoms with Crippen molar-refractivity contribution in [1.82, 2.24) is 20.3 Å². The number of aromatic nitrogens is 1. The third-order valence-corrected chi connectivity index (χ3v) is 3.74. The van der Waals surface area contributed by atoms with Crippen LogP contribution in [0.5, 0.6) is 0 Å². The van der Waals surface area contributed by atoms with Crippen LogP contribution in [0.25, 0.3) is 0 Å². The van der Waals surface area contributed by atoms with Gasteiger partial charge in [0.15, 0.2) is 0 Å². The molecular weight excluding hydrogens is 256 g/mol. The summed E-state index contributed by atoms with van der Waals surface area (Å²) in [4.78, 5) is 16.0. The van der Waals surface area contributed by atoms with Crippen molar-refractivity contribution in [2.45, 2.75) is 39.3 Å². The van der Waals surface area contributed by atoms with E-state index in [2.05, 4.69) is 22.3 Å². The zero-order valence-electron chi connectivity index (χ0n) is 12.6. The van der Waals surface area contributed by atoms with Gasteiger partial charge in [-0.1, -0.05) is 5.16 Å². The molecule has 0 aliphatic carbocycles. The number of hydrogen-bond donors (Lipinski definition) is 1. The van der Waals surface area contributed by atoms with E-state index in [1.807, 2.05) is 13.0 Å². The average molecular weight is 280 g/mol. The van der Waals surface area contributed by atoms with E-state index in [-0.39, 0.29) is 6.03 Å². The molecule has 2 heterocycles. The second-order valence-corrected chi connectivity index (χ2v) is 5.56. The van der Waals surface area contributed by atoms with Gasteiger partial charge >= 0.3 is 6.03 Å². The Hall–Kier alpha value is -1.56. The lowest BCUT2D eigenvalue weighted by Gasteiger charge is -2.25. The van der Waals surface area contributed by atoms with Crippen molar-refractivity contribution in [3.8, 4) is 0 Å². The first-order valence-corrected chi connectivity index (χ1v) is 7.21. The Morgan fingerprint density at radius 2 is 2.25 bits per heavy atom. The monoisotopic (exact) mass is 280 g/mol. The highest BCUT2D eigenvalue weighted by Crippen LogP contribution is 2.11. The van der Waals surface area contributed by atoms with Crippen LogP contribution in [-0.2, 0) is 6.54 Å². The molecular formula is C14H24N4O2. The van der Waals surface area contributed by atoms with Gasteiger partial charge in [-0.05, 0) is 39.8 Å². The number of rotatable bonds is 5. The van der Waals surface area contributed by atoms with E-state index in [1.165, 1.54) is 12.8 Å². The van der Waals surface area contributed by atoms with Crippen molar-refractivity contribution >= 4 is 6.03 Å². The van der Waals surface area contributed by atoms with Crippen LogP contribution in [-0.4, -0.2) is 53.7 Å². The van der Waals surface area contributed by atoms with Gasteiger partial charge in [0.1, 0.15) is 11.5 Å². The van der Waals surface area contributed by atoms with Crippen LogP contribution in [0.4, 0.5) is 4.79 Å². The van der Waals surface area contributed by atoms with Gasteiger partial charge in [0.25, 0.3) is 0 Å². The minimum atomic E-state index is -0.0725. The van der Waals surface area contributed by atoms with Gasteiger partial charge in [-0.2, -0.15) is 0 Å². The number of nitrogens with one attached hydrogen (secondary N) is 1. The highest BCUT2D eigenvalue weighted by atomic mass is 16.5. The molecule has 1 aliphatic rings. The maximum absolute atomic E-state index is 12.0. The number of likely N-dealkylation sites (tertiary alicyclic amines) is 1. The summed E-state index contributed by atoms with van der Waals surface area (Å²) >= 11 is 0. The number of nitrogens with zero attached hydrogens (tertiary/aromatic N) is 3. The zero-order chi connectivity index (χ0) is 14.5. The van der Waals surface area contributed by atoms with Gasteiger partial charge in [-0.15, -0.1) is 0 Å². The summed E-state index contributed by atoms with van der Waals surface area (Å²) in [5.41, 5.74) is 0.771. The molecule has 6 heteroatoms. The van der Waals surface area contributed by atoms with E-state index in [0.717, 1.165) is 24.5 Å². The van der Waals surface area contributed by atoms with Gasteiger partial charge in [-0.3, -0.25) is 4.90 Å². The van der Waals surface area contributed by atoms with E-state index >= 15 is 0 Å². The Morgan fingerprint density at radius 1 is 1.55 bits per heavy atom. The fourth-order valence-corrected chi connectivity index (χ4v) is 2.49. The molecule has 0 unspecified atom stereocenters. The summed E-state index contributed by atoms with van der Waals surface area (Å²) in [6, 6.07) is 2.16. The fourth-order valence-electron chi connectivity index (χ4n) is 2.49. The molecule has 1 fully saturated rings. The van der Waals surface area contributed by atoms with Crippen LogP contribution < -0.4 is 5.32 Å². The lowest BCUT2D eigenvalue weighted by Crippen LogP contribution is -2.44. The summed E-state index contributed by atoms with van der Waals surface area (Å²) in [7, 11) is 1.76. The molecule has 0 radical (unpaired) electrons. The van der Waals surface area contributed by atoms with Crippen molar-refractivity contribution in [1.29, 1.82) is 0 Å². The predicted octanol–water partition coefficient (Wildman–Crippen LogP) is 1.61. The van der Waals surface area contributed by atoms with Crippen molar-refractivity contribution in [2.24, 2.45) is 0 Å². The Balaban J connectivity index is 1.73. The molecule has 20 heavy (non-hydrogen) atoms. The number of urea groups is 1. The van der Waals surface area contributed by atoms with E-state index in [0.29, 0.717) is 19.1 Å². The predicted molar refractivity (Wildman–Crippen MR) is 76.4 cm³/mol. The summed E-state index contributed by atoms with van der Waals surface area (Å²) in [5, 5.41) is 6.86. The molecule has 0 spiro atoms. The smallest absolute Gasteiger partial charge is 0.317 e. The second kappa shape index (κ2) is 6.74. The molecule has 1 aliphatic heterocycles. The third-order valence-electron chi connectivity index (χ3n) is 3.74. The highest BCUT2D eigenvalue weighted by Gasteiger charge is 2.19. The number of amides is 2. The number of carbonyl (C=O) groups is 1. The van der Waals surface area contributed by atoms with Crippen molar-refractivity contribution < 1.29 is 9.32 Å². The zero-order valence-corrected chi connectivity index (χ0v) is 12.6. The van der Waals surface area contributed by atoms with Crippen LogP contribution in [0.1, 0.15) is 31.2 Å². The summed E-state index contributed by atoms with van der Waals surface area (Å²) in [5.74, 6) is 0.761. The number of hydrogen-bond acceptors (Lipinski definition) is 4. The van der Waals surface area contributed by atoms with Gasteiger partial charge < -0.3 is 14.7 Å². The van der Waals surface area contributed by atoms with E-state index in [1.54, 1.807) is 11.9 Å². The van der Waals surface area contributed by atoms with E-state index in [4.69, 9.17) is 4.52 Å². The molecule has 6 nitrogen and oxygen atoms in total. The van der Waals surface area contributed by atoms with Crippen LogP contribution >= 0.6 is 0 Å². The van der Waals surface area contributed by atoms with Crippen LogP contribution in [0, 0.1) is 6.92 Å². The molecule has 0 bridgehead atoms.